The molecule has 1 aromatic carbocycles. The lowest BCUT2D eigenvalue weighted by atomic mass is 9.75. The van der Waals surface area contributed by atoms with E-state index in [-0.39, 0.29) is 17.4 Å². The van der Waals surface area contributed by atoms with Crippen LogP contribution in [0.25, 0.3) is 5.52 Å². The van der Waals surface area contributed by atoms with Crippen molar-refractivity contribution in [3.8, 4) is 0 Å². The van der Waals surface area contributed by atoms with E-state index in [0.29, 0.717) is 31.6 Å². The molecular weight excluding hydrogens is 377 g/mol. The van der Waals surface area contributed by atoms with Crippen LogP contribution in [-0.2, 0) is 0 Å². The predicted molar refractivity (Wildman–Crippen MR) is 103 cm³/mol. The minimum atomic E-state index is -1.40. The monoisotopic (exact) mass is 400 g/mol. The molecule has 2 saturated carbocycles. The van der Waals surface area contributed by atoms with Gasteiger partial charge in [-0.05, 0) is 79.5 Å². The number of nitrogens with zero attached hydrogens (tertiary/aromatic N) is 2. The van der Waals surface area contributed by atoms with Crippen molar-refractivity contribution in [1.82, 2.24) is 9.38 Å². The minimum Gasteiger partial charge on any atom is -0.387 e. The molecule has 2 aromatic heterocycles. The van der Waals surface area contributed by atoms with Crippen molar-refractivity contribution in [3.05, 3.63) is 71.1 Å². The first-order valence-corrected chi connectivity index (χ1v) is 10.3. The molecule has 1 N–H and O–H groups in total. The first kappa shape index (κ1) is 18.7. The summed E-state index contributed by atoms with van der Waals surface area (Å²) in [7, 11) is 0. The molecule has 1 unspecified atom stereocenters. The summed E-state index contributed by atoms with van der Waals surface area (Å²) in [6, 6.07) is 6.50. The summed E-state index contributed by atoms with van der Waals surface area (Å²) in [5.41, 5.74) is 3.31. The molecule has 3 nitrogen and oxygen atoms in total. The van der Waals surface area contributed by atoms with Crippen molar-refractivity contribution >= 4 is 5.52 Å². The molecule has 0 radical (unpaired) electrons. The van der Waals surface area contributed by atoms with Gasteiger partial charge in [0.2, 0.25) is 0 Å². The Kier molecular flexibility index (Phi) is 4.62. The Balaban J connectivity index is 1.38. The predicted octanol–water partition coefficient (Wildman–Crippen LogP) is 5.64. The van der Waals surface area contributed by atoms with Gasteiger partial charge in [-0.25, -0.2) is 18.2 Å². The van der Waals surface area contributed by atoms with Crippen LogP contribution >= 0.6 is 0 Å². The summed E-state index contributed by atoms with van der Waals surface area (Å²) in [6.45, 7) is 0. The van der Waals surface area contributed by atoms with Crippen molar-refractivity contribution in [3.63, 3.8) is 0 Å². The van der Waals surface area contributed by atoms with E-state index >= 15 is 0 Å². The first-order valence-electron chi connectivity index (χ1n) is 10.3. The van der Waals surface area contributed by atoms with Crippen molar-refractivity contribution in [2.45, 2.75) is 56.5 Å². The minimum absolute atomic E-state index is 0.0464. The van der Waals surface area contributed by atoms with Crippen LogP contribution in [0, 0.1) is 23.4 Å². The molecular formula is C23H23F3N2O. The Morgan fingerprint density at radius 2 is 1.52 bits per heavy atom. The molecule has 6 heteroatoms. The zero-order chi connectivity index (χ0) is 20.1. The van der Waals surface area contributed by atoms with Crippen molar-refractivity contribution < 1.29 is 18.3 Å². The third-order valence-electron chi connectivity index (χ3n) is 6.68. The number of fused-ring (bicyclic) bond motifs is 1. The van der Waals surface area contributed by atoms with Gasteiger partial charge in [-0.1, -0.05) is 12.1 Å². The van der Waals surface area contributed by atoms with Gasteiger partial charge in [-0.2, -0.15) is 0 Å². The first-order chi connectivity index (χ1) is 14.0. The molecule has 0 spiro atoms. The fourth-order valence-corrected chi connectivity index (χ4v) is 4.91. The number of hydrogen-bond donors (Lipinski definition) is 1. The highest BCUT2D eigenvalue weighted by molar-refractivity contribution is 5.50. The average Bonchev–Trinajstić information content (AvgIpc) is 3.47. The largest absolute Gasteiger partial charge is 0.387 e. The van der Waals surface area contributed by atoms with Gasteiger partial charge in [0.1, 0.15) is 0 Å². The summed E-state index contributed by atoms with van der Waals surface area (Å²) >= 11 is 0. The maximum Gasteiger partial charge on any atom is 0.194 e. The van der Waals surface area contributed by atoms with Crippen LogP contribution in [0.2, 0.25) is 0 Å². The maximum absolute atomic E-state index is 14.2. The van der Waals surface area contributed by atoms with Crippen LogP contribution in [0.3, 0.4) is 0 Å². The Bertz CT molecular complexity index is 1050. The number of hydrogen-bond acceptors (Lipinski definition) is 2. The molecule has 5 rings (SSSR count). The quantitative estimate of drug-likeness (QED) is 0.576. The molecule has 2 aliphatic rings. The van der Waals surface area contributed by atoms with Crippen molar-refractivity contribution in [1.29, 1.82) is 0 Å². The van der Waals surface area contributed by atoms with Crippen molar-refractivity contribution in [2.24, 2.45) is 5.92 Å². The number of halogens is 3. The molecule has 0 saturated heterocycles. The van der Waals surface area contributed by atoms with Crippen LogP contribution in [0.15, 0.2) is 36.8 Å². The lowest BCUT2D eigenvalue weighted by Crippen LogP contribution is -2.23. The Labute approximate surface area is 167 Å². The van der Waals surface area contributed by atoms with Crippen LogP contribution < -0.4 is 0 Å². The van der Waals surface area contributed by atoms with Crippen molar-refractivity contribution in [2.75, 3.05) is 0 Å². The van der Waals surface area contributed by atoms with Gasteiger partial charge in [0.15, 0.2) is 17.5 Å². The molecule has 0 amide bonds. The van der Waals surface area contributed by atoms with Crippen LogP contribution in [0.5, 0.6) is 0 Å². The molecule has 2 aliphatic carbocycles. The number of aliphatic hydroxyl groups is 1. The number of pyridine rings is 1. The van der Waals surface area contributed by atoms with Crippen LogP contribution in [0.4, 0.5) is 13.2 Å². The lowest BCUT2D eigenvalue weighted by molar-refractivity contribution is 0.0751. The van der Waals surface area contributed by atoms with E-state index < -0.39 is 23.6 Å². The SMILES string of the molecule is OC(c1c(C2CC2)ccc2cncn12)C1CCC(c2ccc(F)c(F)c2F)CC1. The number of benzene rings is 1. The topological polar surface area (TPSA) is 37.5 Å². The Morgan fingerprint density at radius 3 is 2.24 bits per heavy atom. The zero-order valence-corrected chi connectivity index (χ0v) is 16.0. The van der Waals surface area contributed by atoms with Gasteiger partial charge in [0.25, 0.3) is 0 Å². The summed E-state index contributed by atoms with van der Waals surface area (Å²) in [6.07, 6.45) is 7.89. The highest BCUT2D eigenvalue weighted by atomic mass is 19.2. The summed E-state index contributed by atoms with van der Waals surface area (Å²) in [5.74, 6) is -3.24. The molecule has 0 bridgehead atoms. The fraction of sp³-hybridized carbons (Fsp3) is 0.435. The smallest absolute Gasteiger partial charge is 0.194 e. The van der Waals surface area contributed by atoms with Gasteiger partial charge < -0.3 is 9.51 Å². The number of aliphatic hydroxyl groups excluding tert-OH is 1. The maximum atomic E-state index is 14.2. The lowest BCUT2D eigenvalue weighted by Gasteiger charge is -2.33. The second kappa shape index (κ2) is 7.17. The number of aromatic nitrogens is 2. The normalized spacial score (nSPS) is 23.4. The zero-order valence-electron chi connectivity index (χ0n) is 16.0. The van der Waals surface area contributed by atoms with Gasteiger partial charge in [0, 0.05) is 0 Å². The summed E-state index contributed by atoms with van der Waals surface area (Å²) in [5, 5.41) is 11.3. The Hall–Kier alpha value is -2.34. The highest BCUT2D eigenvalue weighted by Gasteiger charge is 2.35. The second-order valence-electron chi connectivity index (χ2n) is 8.46. The summed E-state index contributed by atoms with van der Waals surface area (Å²) in [4.78, 5) is 4.23. The van der Waals surface area contributed by atoms with Gasteiger partial charge in [-0.3, -0.25) is 0 Å². The van der Waals surface area contributed by atoms with Gasteiger partial charge in [-0.15, -0.1) is 0 Å². The third-order valence-corrected chi connectivity index (χ3v) is 6.68. The van der Waals surface area contributed by atoms with E-state index in [4.69, 9.17) is 0 Å². The van der Waals surface area contributed by atoms with E-state index in [1.165, 1.54) is 11.6 Å². The Morgan fingerprint density at radius 1 is 0.862 bits per heavy atom. The average molecular weight is 400 g/mol. The van der Waals surface area contributed by atoms with E-state index in [1.54, 1.807) is 12.5 Å². The summed E-state index contributed by atoms with van der Waals surface area (Å²) < 4.78 is 43.0. The van der Waals surface area contributed by atoms with Gasteiger partial charge in [0.05, 0.1) is 29.8 Å². The third kappa shape index (κ3) is 3.23. The van der Waals surface area contributed by atoms with E-state index in [1.807, 2.05) is 10.5 Å². The molecule has 2 fully saturated rings. The van der Waals surface area contributed by atoms with Crippen LogP contribution in [0.1, 0.15) is 73.3 Å². The standard InChI is InChI=1S/C23H23F3N2O/c24-19-10-9-17(20(25)21(19)26)13-3-5-15(6-4-13)23(29)22-18(14-1-2-14)8-7-16-11-27-12-28(16)22/h7-15,23,29H,1-6H2. The molecule has 2 heterocycles. The van der Waals surface area contributed by atoms with Gasteiger partial charge >= 0.3 is 0 Å². The van der Waals surface area contributed by atoms with Crippen LogP contribution in [-0.4, -0.2) is 14.5 Å². The molecule has 1 atom stereocenters. The van der Waals surface area contributed by atoms with E-state index in [9.17, 15) is 18.3 Å². The number of imidazole rings is 1. The van der Waals surface area contributed by atoms with E-state index in [0.717, 1.165) is 30.1 Å². The molecule has 3 aromatic rings. The highest BCUT2D eigenvalue weighted by Crippen LogP contribution is 2.47. The fourth-order valence-electron chi connectivity index (χ4n) is 4.91. The molecule has 152 valence electrons. The van der Waals surface area contributed by atoms with E-state index in [2.05, 4.69) is 11.1 Å². The second-order valence-corrected chi connectivity index (χ2v) is 8.46. The number of rotatable bonds is 4. The molecule has 0 aliphatic heterocycles. The molecule has 29 heavy (non-hydrogen) atoms.